The Labute approximate surface area is 163 Å². The fourth-order valence-electron chi connectivity index (χ4n) is 2.47. The number of hydrogen-bond acceptors (Lipinski definition) is 3. The molecule has 3 nitrogen and oxygen atoms in total. The molecule has 1 aromatic rings. The van der Waals surface area contributed by atoms with Crippen molar-refractivity contribution in [3.63, 3.8) is 0 Å². The Kier molecular flexibility index (Phi) is 7.95. The maximum absolute atomic E-state index is 6.40. The number of nitrogens with one attached hydrogen (secondary N) is 2. The normalized spacial score (nSPS) is 16.4. The van der Waals surface area contributed by atoms with Crippen LogP contribution >= 0.6 is 11.6 Å². The third kappa shape index (κ3) is 7.77. The van der Waals surface area contributed by atoms with Gasteiger partial charge < -0.3 is 15.4 Å². The van der Waals surface area contributed by atoms with Gasteiger partial charge >= 0.3 is 0 Å². The molecule has 0 amide bonds. The predicted molar refractivity (Wildman–Crippen MR) is 111 cm³/mol. The van der Waals surface area contributed by atoms with Crippen molar-refractivity contribution in [1.29, 1.82) is 0 Å². The van der Waals surface area contributed by atoms with Crippen molar-refractivity contribution in [3.8, 4) is 0 Å². The molecule has 1 aliphatic rings. The molecular formula is C22H31ClN2O. The lowest BCUT2D eigenvalue weighted by Crippen LogP contribution is -2.19. The molecule has 1 heterocycles. The van der Waals surface area contributed by atoms with Gasteiger partial charge in [-0.05, 0) is 63.4 Å². The lowest BCUT2D eigenvalue weighted by atomic mass is 10.1. The largest absolute Gasteiger partial charge is 0.383 e. The maximum Gasteiger partial charge on any atom is 0.0724 e. The number of rotatable bonds is 7. The van der Waals surface area contributed by atoms with E-state index in [2.05, 4.69) is 67.8 Å². The number of ether oxygens (including phenoxy) is 1. The molecule has 0 saturated carbocycles. The van der Waals surface area contributed by atoms with Gasteiger partial charge in [0.15, 0.2) is 0 Å². The minimum Gasteiger partial charge on any atom is -0.383 e. The summed E-state index contributed by atoms with van der Waals surface area (Å²) < 4.78 is 5.81. The van der Waals surface area contributed by atoms with Gasteiger partial charge in [0.2, 0.25) is 0 Å². The van der Waals surface area contributed by atoms with Crippen LogP contribution < -0.4 is 10.6 Å². The van der Waals surface area contributed by atoms with E-state index in [0.29, 0.717) is 6.61 Å². The van der Waals surface area contributed by atoms with E-state index in [0.717, 1.165) is 36.8 Å². The van der Waals surface area contributed by atoms with Crippen LogP contribution in [0.15, 0.2) is 58.8 Å². The highest BCUT2D eigenvalue weighted by atomic mass is 35.5. The summed E-state index contributed by atoms with van der Waals surface area (Å²) in [7, 11) is 0. The monoisotopic (exact) mass is 374 g/mol. The Morgan fingerprint density at radius 1 is 1.23 bits per heavy atom. The van der Waals surface area contributed by atoms with Crippen molar-refractivity contribution in [2.75, 3.05) is 13.1 Å². The van der Waals surface area contributed by atoms with Crippen LogP contribution in [-0.4, -0.2) is 18.7 Å². The van der Waals surface area contributed by atoms with Gasteiger partial charge in [0.1, 0.15) is 0 Å². The maximum atomic E-state index is 6.40. The van der Waals surface area contributed by atoms with Crippen LogP contribution in [-0.2, 0) is 17.9 Å². The number of halogens is 1. The average Bonchev–Trinajstić information content (AvgIpc) is 2.63. The van der Waals surface area contributed by atoms with Crippen LogP contribution in [0.25, 0.3) is 0 Å². The van der Waals surface area contributed by atoms with Crippen LogP contribution in [0.2, 0.25) is 0 Å². The smallest absolute Gasteiger partial charge is 0.0724 e. The Morgan fingerprint density at radius 3 is 2.54 bits per heavy atom. The van der Waals surface area contributed by atoms with E-state index < -0.39 is 0 Å². The number of benzene rings is 1. The van der Waals surface area contributed by atoms with Gasteiger partial charge in [-0.2, -0.15) is 0 Å². The van der Waals surface area contributed by atoms with Crippen LogP contribution in [0.4, 0.5) is 0 Å². The molecule has 0 aromatic heterocycles. The minimum absolute atomic E-state index is 0.115. The molecule has 142 valence electrons. The van der Waals surface area contributed by atoms with Crippen molar-refractivity contribution < 1.29 is 4.74 Å². The van der Waals surface area contributed by atoms with E-state index >= 15 is 0 Å². The van der Waals surface area contributed by atoms with Gasteiger partial charge in [0.25, 0.3) is 0 Å². The van der Waals surface area contributed by atoms with Gasteiger partial charge in [-0.1, -0.05) is 48.0 Å². The molecule has 0 unspecified atom stereocenters. The molecule has 2 N–H and O–H groups in total. The van der Waals surface area contributed by atoms with Crippen molar-refractivity contribution in [2.45, 2.75) is 52.9 Å². The van der Waals surface area contributed by atoms with E-state index in [1.54, 1.807) is 0 Å². The second kappa shape index (κ2) is 9.96. The standard InChI is InChI=1S/C22H31ClN2O/c1-17(21(23)10-9-18-11-13-24-14-12-18)25-15-19-5-7-20(8-6-19)16-26-22(2,3)4/h5-11,24-25H,12-16H2,1-4H3/b10-9-,21-17-. The van der Waals surface area contributed by atoms with Crippen molar-refractivity contribution in [1.82, 2.24) is 10.6 Å². The third-order valence-corrected chi connectivity index (χ3v) is 4.56. The molecule has 2 rings (SSSR count). The fraction of sp³-hybridized carbons (Fsp3) is 0.455. The highest BCUT2D eigenvalue weighted by Crippen LogP contribution is 2.15. The summed E-state index contributed by atoms with van der Waals surface area (Å²) in [6.45, 7) is 11.6. The first-order valence-electron chi connectivity index (χ1n) is 9.23. The summed E-state index contributed by atoms with van der Waals surface area (Å²) in [5, 5.41) is 7.45. The Bertz CT molecular complexity index is 666. The number of hydrogen-bond donors (Lipinski definition) is 2. The van der Waals surface area contributed by atoms with Gasteiger partial charge in [-0.25, -0.2) is 0 Å². The molecule has 4 heteroatoms. The highest BCUT2D eigenvalue weighted by Gasteiger charge is 2.09. The van der Waals surface area contributed by atoms with E-state index in [9.17, 15) is 0 Å². The van der Waals surface area contributed by atoms with E-state index in [4.69, 9.17) is 16.3 Å². The van der Waals surface area contributed by atoms with Crippen LogP contribution in [0.3, 0.4) is 0 Å². The van der Waals surface area contributed by atoms with E-state index in [-0.39, 0.29) is 5.60 Å². The summed E-state index contributed by atoms with van der Waals surface area (Å²) >= 11 is 6.40. The first-order chi connectivity index (χ1) is 12.3. The molecule has 0 atom stereocenters. The molecule has 1 aliphatic heterocycles. The van der Waals surface area contributed by atoms with Crippen molar-refractivity contribution in [2.24, 2.45) is 0 Å². The molecular weight excluding hydrogens is 344 g/mol. The van der Waals surface area contributed by atoms with Crippen LogP contribution in [0, 0.1) is 0 Å². The zero-order valence-electron chi connectivity index (χ0n) is 16.4. The van der Waals surface area contributed by atoms with Gasteiger partial charge in [0, 0.05) is 18.8 Å². The quantitative estimate of drug-likeness (QED) is 0.656. The van der Waals surface area contributed by atoms with Crippen LogP contribution in [0.1, 0.15) is 45.2 Å². The fourth-order valence-corrected chi connectivity index (χ4v) is 2.60. The van der Waals surface area contributed by atoms with Gasteiger partial charge in [0.05, 0.1) is 17.2 Å². The molecule has 26 heavy (non-hydrogen) atoms. The lowest BCUT2D eigenvalue weighted by molar-refractivity contribution is -0.0149. The summed E-state index contributed by atoms with van der Waals surface area (Å²) in [6, 6.07) is 8.50. The first-order valence-corrected chi connectivity index (χ1v) is 9.61. The summed E-state index contributed by atoms with van der Waals surface area (Å²) in [5.41, 5.74) is 4.61. The Balaban J connectivity index is 1.84. The highest BCUT2D eigenvalue weighted by molar-refractivity contribution is 6.31. The minimum atomic E-state index is -0.115. The topological polar surface area (TPSA) is 33.3 Å². The molecule has 0 radical (unpaired) electrons. The Morgan fingerprint density at radius 2 is 1.92 bits per heavy atom. The van der Waals surface area contributed by atoms with E-state index in [1.807, 2.05) is 13.0 Å². The van der Waals surface area contributed by atoms with Crippen LogP contribution in [0.5, 0.6) is 0 Å². The lowest BCUT2D eigenvalue weighted by Gasteiger charge is -2.19. The molecule has 0 fully saturated rings. The van der Waals surface area contributed by atoms with Gasteiger partial charge in [-0.3, -0.25) is 0 Å². The summed E-state index contributed by atoms with van der Waals surface area (Å²) in [6.07, 6.45) is 7.35. The molecule has 0 aliphatic carbocycles. The van der Waals surface area contributed by atoms with E-state index in [1.165, 1.54) is 16.7 Å². The zero-order valence-corrected chi connectivity index (χ0v) is 17.1. The summed E-state index contributed by atoms with van der Waals surface area (Å²) in [4.78, 5) is 0. The molecule has 0 spiro atoms. The number of allylic oxidation sites excluding steroid dienone is 4. The molecule has 0 bridgehead atoms. The third-order valence-electron chi connectivity index (χ3n) is 4.15. The second-order valence-electron chi connectivity index (χ2n) is 7.61. The Hall–Kier alpha value is -1.55. The van der Waals surface area contributed by atoms with Crippen molar-refractivity contribution >= 4 is 11.6 Å². The average molecular weight is 375 g/mol. The predicted octanol–water partition coefficient (Wildman–Crippen LogP) is 5.04. The SMILES string of the molecule is C/C(NCc1ccc(COC(C)(C)C)cc1)=C(Cl)\C=C/C1=CCNCC1. The summed E-state index contributed by atoms with van der Waals surface area (Å²) in [5.74, 6) is 0. The molecule has 0 saturated heterocycles. The zero-order chi connectivity index (χ0) is 19.0. The van der Waals surface area contributed by atoms with Gasteiger partial charge in [-0.15, -0.1) is 0 Å². The first kappa shape index (κ1) is 20.8. The molecule has 1 aromatic carbocycles. The van der Waals surface area contributed by atoms with Crippen molar-refractivity contribution in [3.05, 3.63) is 69.9 Å². The second-order valence-corrected chi connectivity index (χ2v) is 8.02.